The molecule has 0 saturated heterocycles. The lowest BCUT2D eigenvalue weighted by atomic mass is 10.1. The van der Waals surface area contributed by atoms with E-state index in [2.05, 4.69) is 4.74 Å². The Labute approximate surface area is 95.2 Å². The first-order chi connectivity index (χ1) is 7.97. The van der Waals surface area contributed by atoms with Crippen LogP contribution in [0.15, 0.2) is 18.2 Å². The standard InChI is InChI=1S/C11H9F3O3/c1-2-17-11(16)9(14)10(15)7-5-6(12)3-4-8(7)13/h3-5,9H,2H2,1H3. The predicted molar refractivity (Wildman–Crippen MR) is 52.2 cm³/mol. The van der Waals surface area contributed by atoms with Gasteiger partial charge in [0.15, 0.2) is 0 Å². The molecule has 1 aromatic rings. The van der Waals surface area contributed by atoms with Gasteiger partial charge in [-0.15, -0.1) is 0 Å². The lowest BCUT2D eigenvalue weighted by Gasteiger charge is -2.07. The summed E-state index contributed by atoms with van der Waals surface area (Å²) in [5.41, 5.74) is -0.814. The number of carbonyl (C=O) groups excluding carboxylic acids is 2. The highest BCUT2D eigenvalue weighted by Gasteiger charge is 2.30. The van der Waals surface area contributed by atoms with Gasteiger partial charge in [-0.25, -0.2) is 18.0 Å². The summed E-state index contributed by atoms with van der Waals surface area (Å²) < 4.78 is 43.4. The molecule has 0 aromatic heterocycles. The van der Waals surface area contributed by atoms with Gasteiger partial charge in [0.25, 0.3) is 6.17 Å². The maximum Gasteiger partial charge on any atom is 0.349 e. The molecule has 0 heterocycles. The summed E-state index contributed by atoms with van der Waals surface area (Å²) in [6.07, 6.45) is -2.65. The Kier molecular flexibility index (Phi) is 4.25. The fourth-order valence-corrected chi connectivity index (χ4v) is 1.15. The minimum atomic E-state index is -2.65. The third-order valence-electron chi connectivity index (χ3n) is 1.92. The van der Waals surface area contributed by atoms with Gasteiger partial charge in [-0.2, -0.15) is 0 Å². The van der Waals surface area contributed by atoms with Crippen LogP contribution in [0.2, 0.25) is 0 Å². The minimum Gasteiger partial charge on any atom is -0.463 e. The molecule has 0 spiro atoms. The van der Waals surface area contributed by atoms with Gasteiger partial charge >= 0.3 is 5.97 Å². The van der Waals surface area contributed by atoms with Crippen molar-refractivity contribution in [3.8, 4) is 0 Å². The molecule has 6 heteroatoms. The van der Waals surface area contributed by atoms with Gasteiger partial charge in [-0.1, -0.05) is 0 Å². The van der Waals surface area contributed by atoms with Crippen LogP contribution in [0.5, 0.6) is 0 Å². The largest absolute Gasteiger partial charge is 0.463 e. The molecule has 1 unspecified atom stereocenters. The fourth-order valence-electron chi connectivity index (χ4n) is 1.15. The maximum atomic E-state index is 13.3. The van der Waals surface area contributed by atoms with Crippen LogP contribution in [0, 0.1) is 11.6 Å². The number of rotatable bonds is 4. The topological polar surface area (TPSA) is 43.4 Å². The molecule has 0 bridgehead atoms. The average molecular weight is 246 g/mol. The normalized spacial score (nSPS) is 12.0. The lowest BCUT2D eigenvalue weighted by Crippen LogP contribution is -2.28. The fraction of sp³-hybridized carbons (Fsp3) is 0.273. The van der Waals surface area contributed by atoms with E-state index in [4.69, 9.17) is 0 Å². The molecule has 3 nitrogen and oxygen atoms in total. The van der Waals surface area contributed by atoms with E-state index in [0.29, 0.717) is 12.1 Å². The number of ether oxygens (including phenoxy) is 1. The van der Waals surface area contributed by atoms with Crippen LogP contribution in [-0.4, -0.2) is 24.5 Å². The van der Waals surface area contributed by atoms with E-state index < -0.39 is 35.1 Å². The first kappa shape index (κ1) is 13.2. The van der Waals surface area contributed by atoms with Crippen LogP contribution in [0.4, 0.5) is 13.2 Å². The smallest absolute Gasteiger partial charge is 0.349 e. The molecule has 0 saturated carbocycles. The number of halogens is 3. The number of hydrogen-bond acceptors (Lipinski definition) is 3. The van der Waals surface area contributed by atoms with E-state index in [9.17, 15) is 22.8 Å². The summed E-state index contributed by atoms with van der Waals surface area (Å²) in [4.78, 5) is 22.3. The van der Waals surface area contributed by atoms with Crippen LogP contribution in [0.3, 0.4) is 0 Å². The molecular weight excluding hydrogens is 237 g/mol. The van der Waals surface area contributed by atoms with Crippen LogP contribution < -0.4 is 0 Å². The highest BCUT2D eigenvalue weighted by atomic mass is 19.1. The van der Waals surface area contributed by atoms with Gasteiger partial charge in [-0.3, -0.25) is 4.79 Å². The molecule has 1 atom stereocenters. The zero-order valence-electron chi connectivity index (χ0n) is 8.88. The Balaban J connectivity index is 2.96. The molecule has 0 amide bonds. The Morgan fingerprint density at radius 1 is 1.35 bits per heavy atom. The highest BCUT2D eigenvalue weighted by molar-refractivity contribution is 6.11. The minimum absolute atomic E-state index is 0.113. The van der Waals surface area contributed by atoms with Crippen LogP contribution in [-0.2, 0) is 9.53 Å². The van der Waals surface area contributed by atoms with Crippen molar-refractivity contribution in [2.45, 2.75) is 13.1 Å². The van der Waals surface area contributed by atoms with Crippen molar-refractivity contribution in [2.24, 2.45) is 0 Å². The molecule has 1 aromatic carbocycles. The van der Waals surface area contributed by atoms with Crippen molar-refractivity contribution < 1.29 is 27.5 Å². The van der Waals surface area contributed by atoms with E-state index in [1.165, 1.54) is 6.92 Å². The predicted octanol–water partition coefficient (Wildman–Crippen LogP) is 2.05. The second-order valence-corrected chi connectivity index (χ2v) is 3.10. The number of esters is 1. The summed E-state index contributed by atoms with van der Waals surface area (Å²) in [5, 5.41) is 0. The second-order valence-electron chi connectivity index (χ2n) is 3.10. The van der Waals surface area contributed by atoms with Gasteiger partial charge in [0, 0.05) is 0 Å². The van der Waals surface area contributed by atoms with Gasteiger partial charge in [0.1, 0.15) is 11.6 Å². The molecule has 17 heavy (non-hydrogen) atoms. The van der Waals surface area contributed by atoms with Crippen molar-refractivity contribution in [2.75, 3.05) is 6.61 Å². The van der Waals surface area contributed by atoms with Gasteiger partial charge in [0.05, 0.1) is 12.2 Å². The van der Waals surface area contributed by atoms with Crippen molar-refractivity contribution in [3.05, 3.63) is 35.4 Å². The van der Waals surface area contributed by atoms with Crippen LogP contribution in [0.1, 0.15) is 17.3 Å². The van der Waals surface area contributed by atoms with E-state index in [-0.39, 0.29) is 6.61 Å². The van der Waals surface area contributed by atoms with Crippen molar-refractivity contribution in [1.82, 2.24) is 0 Å². The SMILES string of the molecule is CCOC(=O)C(F)C(=O)c1cc(F)ccc1F. The van der Waals surface area contributed by atoms with E-state index in [0.717, 1.165) is 6.07 Å². The first-order valence-corrected chi connectivity index (χ1v) is 4.77. The van der Waals surface area contributed by atoms with Gasteiger partial charge < -0.3 is 4.74 Å². The summed E-state index contributed by atoms with van der Waals surface area (Å²) in [7, 11) is 0. The molecule has 0 radical (unpaired) electrons. The van der Waals surface area contributed by atoms with Crippen LogP contribution in [0.25, 0.3) is 0 Å². The lowest BCUT2D eigenvalue weighted by molar-refractivity contribution is -0.147. The van der Waals surface area contributed by atoms with Gasteiger partial charge in [0.2, 0.25) is 5.78 Å². The third-order valence-corrected chi connectivity index (χ3v) is 1.92. The number of hydrogen-bond donors (Lipinski definition) is 0. The Morgan fingerprint density at radius 2 is 2.00 bits per heavy atom. The van der Waals surface area contributed by atoms with Crippen molar-refractivity contribution in [1.29, 1.82) is 0 Å². The molecule has 0 N–H and O–H groups in total. The zero-order valence-corrected chi connectivity index (χ0v) is 8.88. The van der Waals surface area contributed by atoms with Crippen LogP contribution >= 0.6 is 0 Å². The second kappa shape index (κ2) is 5.47. The van der Waals surface area contributed by atoms with E-state index in [1.54, 1.807) is 0 Å². The molecular formula is C11H9F3O3. The maximum absolute atomic E-state index is 13.3. The third kappa shape index (κ3) is 3.05. The summed E-state index contributed by atoms with van der Waals surface area (Å²) >= 11 is 0. The summed E-state index contributed by atoms with van der Waals surface area (Å²) in [6, 6.07) is 1.99. The van der Waals surface area contributed by atoms with Crippen molar-refractivity contribution in [3.63, 3.8) is 0 Å². The Morgan fingerprint density at radius 3 is 2.59 bits per heavy atom. The number of carbonyl (C=O) groups is 2. The number of benzene rings is 1. The molecule has 0 aliphatic carbocycles. The number of ketones is 1. The van der Waals surface area contributed by atoms with E-state index >= 15 is 0 Å². The Bertz CT molecular complexity index is 446. The molecule has 0 aliphatic heterocycles. The number of Topliss-reactive ketones (excluding diaryl/α,β-unsaturated/α-hetero) is 1. The Hall–Kier alpha value is -1.85. The quantitative estimate of drug-likeness (QED) is 0.464. The summed E-state index contributed by atoms with van der Waals surface area (Å²) in [5.74, 6) is -4.87. The first-order valence-electron chi connectivity index (χ1n) is 4.77. The molecule has 1 rings (SSSR count). The zero-order chi connectivity index (χ0) is 13.0. The average Bonchev–Trinajstić information content (AvgIpc) is 2.30. The van der Waals surface area contributed by atoms with E-state index in [1.807, 2.05) is 0 Å². The highest BCUT2D eigenvalue weighted by Crippen LogP contribution is 2.14. The van der Waals surface area contributed by atoms with Gasteiger partial charge in [-0.05, 0) is 25.1 Å². The molecule has 0 fully saturated rings. The molecule has 0 aliphatic rings. The van der Waals surface area contributed by atoms with Crippen molar-refractivity contribution >= 4 is 11.8 Å². The molecule has 92 valence electrons. The number of alkyl halides is 1. The monoisotopic (exact) mass is 246 g/mol. The summed E-state index contributed by atoms with van der Waals surface area (Å²) in [6.45, 7) is 1.32.